The molecule has 0 radical (unpaired) electrons. The Morgan fingerprint density at radius 3 is 2.57 bits per heavy atom. The molecule has 0 amide bonds. The van der Waals surface area contributed by atoms with Crippen LogP contribution in [0, 0.1) is 0 Å². The zero-order chi connectivity index (χ0) is 10.8. The summed E-state index contributed by atoms with van der Waals surface area (Å²) < 4.78 is 5.17. The summed E-state index contributed by atoms with van der Waals surface area (Å²) in [5, 5.41) is 0. The van der Waals surface area contributed by atoms with Crippen LogP contribution in [0.1, 0.15) is 52.4 Å². The number of rotatable bonds is 8. The highest BCUT2D eigenvalue weighted by atomic mass is 16.5. The first-order valence-electron chi connectivity index (χ1n) is 5.56. The maximum atomic E-state index is 11.3. The first-order chi connectivity index (χ1) is 6.74. The van der Waals surface area contributed by atoms with Crippen LogP contribution in [-0.4, -0.2) is 12.1 Å². The number of hydrogen-bond acceptors (Lipinski definition) is 2. The molecule has 0 aromatic heterocycles. The summed E-state index contributed by atoms with van der Waals surface area (Å²) in [6, 6.07) is 0. The van der Waals surface area contributed by atoms with Crippen LogP contribution in [0.25, 0.3) is 0 Å². The molecular weight excluding hydrogens is 176 g/mol. The van der Waals surface area contributed by atoms with Crippen LogP contribution < -0.4 is 0 Å². The number of unbranched alkanes of at least 4 members (excludes halogenated alkanes) is 3. The lowest BCUT2D eigenvalue weighted by Gasteiger charge is -2.11. The number of ether oxygens (including phenoxy) is 1. The number of hydrogen-bond donors (Lipinski definition) is 0. The minimum absolute atomic E-state index is 0.0900. The van der Waals surface area contributed by atoms with Crippen LogP contribution in [-0.2, 0) is 9.53 Å². The van der Waals surface area contributed by atoms with Crippen molar-refractivity contribution in [1.82, 2.24) is 0 Å². The lowest BCUT2D eigenvalue weighted by Crippen LogP contribution is -2.14. The first kappa shape index (κ1) is 13.2. The Morgan fingerprint density at radius 2 is 2.07 bits per heavy atom. The fourth-order valence-electron chi connectivity index (χ4n) is 1.22. The second kappa shape index (κ2) is 8.79. The Labute approximate surface area is 87.3 Å². The molecule has 0 aliphatic rings. The zero-order valence-electron chi connectivity index (χ0n) is 9.42. The van der Waals surface area contributed by atoms with Crippen molar-refractivity contribution in [3.05, 3.63) is 12.7 Å². The van der Waals surface area contributed by atoms with Gasteiger partial charge in [-0.2, -0.15) is 0 Å². The minimum atomic E-state index is -0.103. The Hall–Kier alpha value is -0.790. The topological polar surface area (TPSA) is 26.3 Å². The second-order valence-electron chi connectivity index (χ2n) is 3.48. The molecule has 0 saturated carbocycles. The predicted molar refractivity (Wildman–Crippen MR) is 59.1 cm³/mol. The van der Waals surface area contributed by atoms with Gasteiger partial charge >= 0.3 is 5.97 Å². The highest BCUT2D eigenvalue weighted by Crippen LogP contribution is 2.06. The maximum absolute atomic E-state index is 11.3. The van der Waals surface area contributed by atoms with Gasteiger partial charge in [-0.05, 0) is 12.8 Å². The highest BCUT2D eigenvalue weighted by Gasteiger charge is 2.07. The third-order valence-corrected chi connectivity index (χ3v) is 2.18. The van der Waals surface area contributed by atoms with E-state index in [0.717, 1.165) is 19.3 Å². The molecule has 0 aliphatic heterocycles. The Morgan fingerprint density at radius 1 is 1.36 bits per heavy atom. The molecule has 82 valence electrons. The standard InChI is InChI=1S/C12H22O2/c1-4-7-8-9-10-12(13)14-11(5-2)6-3/h5,11H,2,4,6-10H2,1,3H3. The number of carbonyl (C=O) groups excluding carboxylic acids is 1. The van der Waals surface area contributed by atoms with Crippen molar-refractivity contribution in [2.75, 3.05) is 0 Å². The van der Waals surface area contributed by atoms with Gasteiger partial charge in [-0.3, -0.25) is 4.79 Å². The van der Waals surface area contributed by atoms with E-state index in [9.17, 15) is 4.79 Å². The van der Waals surface area contributed by atoms with Crippen LogP contribution in [0.4, 0.5) is 0 Å². The Bertz CT molecular complexity index is 164. The summed E-state index contributed by atoms with van der Waals surface area (Å²) >= 11 is 0. The molecule has 0 aliphatic carbocycles. The highest BCUT2D eigenvalue weighted by molar-refractivity contribution is 5.69. The average molecular weight is 198 g/mol. The molecule has 0 rings (SSSR count). The lowest BCUT2D eigenvalue weighted by molar-refractivity contribution is -0.147. The van der Waals surface area contributed by atoms with Crippen molar-refractivity contribution in [3.8, 4) is 0 Å². The summed E-state index contributed by atoms with van der Waals surface area (Å²) in [5.74, 6) is -0.0900. The third-order valence-electron chi connectivity index (χ3n) is 2.18. The van der Waals surface area contributed by atoms with Gasteiger partial charge < -0.3 is 4.74 Å². The van der Waals surface area contributed by atoms with Gasteiger partial charge in [-0.15, -0.1) is 0 Å². The Kier molecular flexibility index (Phi) is 8.30. The average Bonchev–Trinajstić information content (AvgIpc) is 2.21. The third kappa shape index (κ3) is 6.70. The molecule has 0 aromatic carbocycles. The van der Waals surface area contributed by atoms with Crippen LogP contribution in [0.15, 0.2) is 12.7 Å². The van der Waals surface area contributed by atoms with Crippen molar-refractivity contribution in [2.45, 2.75) is 58.5 Å². The fraction of sp³-hybridized carbons (Fsp3) is 0.750. The van der Waals surface area contributed by atoms with Crippen LogP contribution in [0.3, 0.4) is 0 Å². The van der Waals surface area contributed by atoms with Crippen LogP contribution in [0.2, 0.25) is 0 Å². The fourth-order valence-corrected chi connectivity index (χ4v) is 1.22. The molecule has 0 heterocycles. The Balaban J connectivity index is 3.49. The predicted octanol–water partition coefficient (Wildman–Crippen LogP) is 3.46. The van der Waals surface area contributed by atoms with E-state index >= 15 is 0 Å². The minimum Gasteiger partial charge on any atom is -0.458 e. The molecule has 14 heavy (non-hydrogen) atoms. The van der Waals surface area contributed by atoms with E-state index in [2.05, 4.69) is 13.5 Å². The van der Waals surface area contributed by atoms with Crippen molar-refractivity contribution >= 4 is 5.97 Å². The summed E-state index contributed by atoms with van der Waals surface area (Å²) in [5.41, 5.74) is 0. The summed E-state index contributed by atoms with van der Waals surface area (Å²) in [6.07, 6.45) is 7.40. The summed E-state index contributed by atoms with van der Waals surface area (Å²) in [7, 11) is 0. The van der Waals surface area contributed by atoms with Crippen molar-refractivity contribution in [2.24, 2.45) is 0 Å². The molecule has 0 spiro atoms. The quantitative estimate of drug-likeness (QED) is 0.339. The molecule has 0 fully saturated rings. The monoisotopic (exact) mass is 198 g/mol. The smallest absolute Gasteiger partial charge is 0.306 e. The zero-order valence-corrected chi connectivity index (χ0v) is 9.42. The number of esters is 1. The molecule has 0 saturated heterocycles. The first-order valence-corrected chi connectivity index (χ1v) is 5.56. The van der Waals surface area contributed by atoms with Gasteiger partial charge in [-0.25, -0.2) is 0 Å². The van der Waals surface area contributed by atoms with E-state index in [-0.39, 0.29) is 12.1 Å². The van der Waals surface area contributed by atoms with Gasteiger partial charge in [0.25, 0.3) is 0 Å². The molecule has 1 atom stereocenters. The van der Waals surface area contributed by atoms with Gasteiger partial charge in [0.1, 0.15) is 6.10 Å². The SMILES string of the molecule is C=CC(CC)OC(=O)CCCCCC. The van der Waals surface area contributed by atoms with Crippen LogP contribution >= 0.6 is 0 Å². The van der Waals surface area contributed by atoms with Gasteiger partial charge in [-0.1, -0.05) is 45.8 Å². The van der Waals surface area contributed by atoms with Gasteiger partial charge in [0.2, 0.25) is 0 Å². The normalized spacial score (nSPS) is 12.1. The van der Waals surface area contributed by atoms with Gasteiger partial charge in [0.05, 0.1) is 0 Å². The van der Waals surface area contributed by atoms with E-state index in [1.807, 2.05) is 6.92 Å². The molecule has 1 unspecified atom stereocenters. The molecule has 2 heteroatoms. The molecule has 0 aromatic rings. The number of carbonyl (C=O) groups is 1. The van der Waals surface area contributed by atoms with Crippen molar-refractivity contribution in [1.29, 1.82) is 0 Å². The second-order valence-corrected chi connectivity index (χ2v) is 3.48. The lowest BCUT2D eigenvalue weighted by atomic mass is 10.1. The van der Waals surface area contributed by atoms with Crippen molar-refractivity contribution in [3.63, 3.8) is 0 Å². The van der Waals surface area contributed by atoms with Crippen LogP contribution in [0.5, 0.6) is 0 Å². The summed E-state index contributed by atoms with van der Waals surface area (Å²) in [4.78, 5) is 11.3. The molecule has 0 bridgehead atoms. The van der Waals surface area contributed by atoms with E-state index in [0.29, 0.717) is 6.42 Å². The van der Waals surface area contributed by atoms with E-state index in [4.69, 9.17) is 4.74 Å². The van der Waals surface area contributed by atoms with Gasteiger partial charge in [0.15, 0.2) is 0 Å². The van der Waals surface area contributed by atoms with Gasteiger partial charge in [0, 0.05) is 6.42 Å². The molecule has 2 nitrogen and oxygen atoms in total. The van der Waals surface area contributed by atoms with E-state index < -0.39 is 0 Å². The maximum Gasteiger partial charge on any atom is 0.306 e. The van der Waals surface area contributed by atoms with E-state index in [1.54, 1.807) is 6.08 Å². The van der Waals surface area contributed by atoms with Crippen molar-refractivity contribution < 1.29 is 9.53 Å². The molecular formula is C12H22O2. The molecule has 0 N–H and O–H groups in total. The summed E-state index contributed by atoms with van der Waals surface area (Å²) in [6.45, 7) is 7.76. The largest absolute Gasteiger partial charge is 0.458 e. The van der Waals surface area contributed by atoms with E-state index in [1.165, 1.54) is 12.8 Å².